The molecular weight excluding hydrogens is 216 g/mol. The van der Waals surface area contributed by atoms with Crippen molar-refractivity contribution in [3.05, 3.63) is 35.4 Å². The van der Waals surface area contributed by atoms with Gasteiger partial charge < -0.3 is 15.7 Å². The van der Waals surface area contributed by atoms with Crippen LogP contribution in [0.4, 0.5) is 4.79 Å². The van der Waals surface area contributed by atoms with Gasteiger partial charge in [0.25, 0.3) is 0 Å². The smallest absolute Gasteiger partial charge is 0.315 e. The second kappa shape index (κ2) is 5.19. The molecule has 1 aromatic carbocycles. The van der Waals surface area contributed by atoms with Crippen molar-refractivity contribution in [2.24, 2.45) is 0 Å². The van der Waals surface area contributed by atoms with E-state index in [1.807, 2.05) is 12.1 Å². The topological polar surface area (TPSA) is 61.4 Å². The number of carbonyl (C=O) groups excluding carboxylic acids is 1. The van der Waals surface area contributed by atoms with Crippen LogP contribution in [-0.4, -0.2) is 30.3 Å². The number of nitrogens with one attached hydrogen (secondary N) is 2. The molecule has 17 heavy (non-hydrogen) atoms. The molecule has 0 spiro atoms. The van der Waals surface area contributed by atoms with E-state index < -0.39 is 0 Å². The summed E-state index contributed by atoms with van der Waals surface area (Å²) in [4.78, 5) is 11.4. The van der Waals surface area contributed by atoms with Gasteiger partial charge in [-0.2, -0.15) is 0 Å². The highest BCUT2D eigenvalue weighted by Gasteiger charge is 2.25. The second-order valence-electron chi connectivity index (χ2n) is 4.54. The van der Waals surface area contributed by atoms with Gasteiger partial charge >= 0.3 is 6.03 Å². The SMILES string of the molecule is C[C@@H](CO)NC(=O)NCC1Cc2ccccc21. The van der Waals surface area contributed by atoms with Gasteiger partial charge in [0.05, 0.1) is 12.6 Å². The Morgan fingerprint density at radius 2 is 2.29 bits per heavy atom. The van der Waals surface area contributed by atoms with Crippen molar-refractivity contribution in [3.63, 3.8) is 0 Å². The van der Waals surface area contributed by atoms with E-state index in [9.17, 15) is 4.79 Å². The zero-order valence-corrected chi connectivity index (χ0v) is 9.94. The monoisotopic (exact) mass is 234 g/mol. The maximum absolute atomic E-state index is 11.4. The van der Waals surface area contributed by atoms with Crippen LogP contribution < -0.4 is 10.6 Å². The Balaban J connectivity index is 1.76. The molecule has 4 nitrogen and oxygen atoms in total. The molecule has 0 aromatic heterocycles. The number of urea groups is 1. The number of hydrogen-bond donors (Lipinski definition) is 3. The third-order valence-electron chi connectivity index (χ3n) is 3.12. The summed E-state index contributed by atoms with van der Waals surface area (Å²) < 4.78 is 0. The Kier molecular flexibility index (Phi) is 3.64. The van der Waals surface area contributed by atoms with Crippen LogP contribution in [0, 0.1) is 0 Å². The normalized spacial score (nSPS) is 18.8. The van der Waals surface area contributed by atoms with E-state index in [1.165, 1.54) is 11.1 Å². The molecule has 1 aliphatic rings. The van der Waals surface area contributed by atoms with Crippen molar-refractivity contribution in [2.45, 2.75) is 25.3 Å². The fourth-order valence-corrected chi connectivity index (χ4v) is 2.08. The summed E-state index contributed by atoms with van der Waals surface area (Å²) in [5.41, 5.74) is 2.71. The molecule has 0 saturated heterocycles. The second-order valence-corrected chi connectivity index (χ2v) is 4.54. The van der Waals surface area contributed by atoms with Crippen molar-refractivity contribution < 1.29 is 9.90 Å². The van der Waals surface area contributed by atoms with Crippen LogP contribution in [-0.2, 0) is 6.42 Å². The summed E-state index contributed by atoms with van der Waals surface area (Å²) in [5, 5.41) is 14.3. The average molecular weight is 234 g/mol. The number of carbonyl (C=O) groups is 1. The first-order chi connectivity index (χ1) is 8.20. The third-order valence-corrected chi connectivity index (χ3v) is 3.12. The van der Waals surface area contributed by atoms with Crippen LogP contribution in [0.2, 0.25) is 0 Å². The quantitative estimate of drug-likeness (QED) is 0.728. The molecule has 0 aliphatic heterocycles. The molecule has 0 saturated carbocycles. The van der Waals surface area contributed by atoms with Crippen LogP contribution in [0.15, 0.2) is 24.3 Å². The lowest BCUT2D eigenvalue weighted by atomic mass is 9.78. The summed E-state index contributed by atoms with van der Waals surface area (Å²) in [6.07, 6.45) is 1.03. The van der Waals surface area contributed by atoms with Gasteiger partial charge in [0, 0.05) is 12.5 Å². The summed E-state index contributed by atoms with van der Waals surface area (Å²) in [5.74, 6) is 0.432. The van der Waals surface area contributed by atoms with Gasteiger partial charge in [-0.05, 0) is 24.5 Å². The van der Waals surface area contributed by atoms with E-state index in [-0.39, 0.29) is 18.7 Å². The van der Waals surface area contributed by atoms with Crippen molar-refractivity contribution in [1.82, 2.24) is 10.6 Å². The van der Waals surface area contributed by atoms with Gasteiger partial charge in [0.2, 0.25) is 0 Å². The Morgan fingerprint density at radius 1 is 1.53 bits per heavy atom. The number of aliphatic hydroxyl groups excluding tert-OH is 1. The number of fused-ring (bicyclic) bond motifs is 1. The van der Waals surface area contributed by atoms with Gasteiger partial charge in [-0.1, -0.05) is 24.3 Å². The fraction of sp³-hybridized carbons (Fsp3) is 0.462. The Labute approximate surface area is 101 Å². The Morgan fingerprint density at radius 3 is 3.00 bits per heavy atom. The van der Waals surface area contributed by atoms with Gasteiger partial charge in [0.1, 0.15) is 0 Å². The average Bonchev–Trinajstić information content (AvgIpc) is 2.30. The fourth-order valence-electron chi connectivity index (χ4n) is 2.08. The van der Waals surface area contributed by atoms with Gasteiger partial charge in [-0.15, -0.1) is 0 Å². The molecule has 4 heteroatoms. The molecule has 2 atom stereocenters. The number of amides is 2. The predicted octanol–water partition coefficient (Wildman–Crippen LogP) is 1.01. The standard InChI is InChI=1S/C13H18N2O2/c1-9(8-16)15-13(17)14-7-11-6-10-4-2-3-5-12(10)11/h2-5,9,11,16H,6-8H2,1H3,(H2,14,15,17)/t9-,11?/m0/s1. The molecular formula is C13H18N2O2. The minimum atomic E-state index is -0.212. The highest BCUT2D eigenvalue weighted by atomic mass is 16.3. The lowest BCUT2D eigenvalue weighted by Gasteiger charge is -2.30. The number of benzene rings is 1. The van der Waals surface area contributed by atoms with Crippen molar-refractivity contribution >= 4 is 6.03 Å². The zero-order chi connectivity index (χ0) is 12.3. The van der Waals surface area contributed by atoms with Crippen LogP contribution in [0.25, 0.3) is 0 Å². The first-order valence-electron chi connectivity index (χ1n) is 5.93. The van der Waals surface area contributed by atoms with E-state index in [4.69, 9.17) is 5.11 Å². The summed E-state index contributed by atoms with van der Waals surface area (Å²) in [6.45, 7) is 2.37. The molecule has 0 fully saturated rings. The first-order valence-corrected chi connectivity index (χ1v) is 5.93. The minimum absolute atomic E-state index is 0.0420. The van der Waals surface area contributed by atoms with Crippen molar-refractivity contribution in [1.29, 1.82) is 0 Å². The Bertz CT molecular complexity index is 406. The molecule has 1 aliphatic carbocycles. The van der Waals surface area contributed by atoms with Crippen molar-refractivity contribution in [3.8, 4) is 0 Å². The zero-order valence-electron chi connectivity index (χ0n) is 9.94. The number of hydrogen-bond acceptors (Lipinski definition) is 2. The predicted molar refractivity (Wildman–Crippen MR) is 66.0 cm³/mol. The van der Waals surface area contributed by atoms with E-state index in [0.29, 0.717) is 12.5 Å². The lowest BCUT2D eigenvalue weighted by Crippen LogP contribution is -2.44. The molecule has 0 heterocycles. The number of aliphatic hydroxyl groups is 1. The molecule has 3 N–H and O–H groups in total. The molecule has 92 valence electrons. The van der Waals surface area contributed by atoms with E-state index in [0.717, 1.165) is 6.42 Å². The maximum atomic E-state index is 11.4. The van der Waals surface area contributed by atoms with Gasteiger partial charge in [-0.25, -0.2) is 4.79 Å². The molecule has 0 bridgehead atoms. The van der Waals surface area contributed by atoms with Crippen LogP contribution in [0.1, 0.15) is 24.0 Å². The highest BCUT2D eigenvalue weighted by Crippen LogP contribution is 2.33. The third kappa shape index (κ3) is 2.77. The molecule has 2 rings (SSSR count). The lowest BCUT2D eigenvalue weighted by molar-refractivity contribution is 0.220. The van der Waals surface area contributed by atoms with Crippen LogP contribution >= 0.6 is 0 Å². The molecule has 0 radical (unpaired) electrons. The molecule has 1 aromatic rings. The van der Waals surface area contributed by atoms with Gasteiger partial charge in [0.15, 0.2) is 0 Å². The Hall–Kier alpha value is -1.55. The molecule has 1 unspecified atom stereocenters. The van der Waals surface area contributed by atoms with E-state index >= 15 is 0 Å². The van der Waals surface area contributed by atoms with Crippen LogP contribution in [0.3, 0.4) is 0 Å². The number of rotatable bonds is 4. The maximum Gasteiger partial charge on any atom is 0.315 e. The first kappa shape index (κ1) is 11.9. The molecule has 2 amide bonds. The minimum Gasteiger partial charge on any atom is -0.394 e. The highest BCUT2D eigenvalue weighted by molar-refractivity contribution is 5.74. The van der Waals surface area contributed by atoms with E-state index in [1.54, 1.807) is 6.92 Å². The van der Waals surface area contributed by atoms with Crippen molar-refractivity contribution in [2.75, 3.05) is 13.2 Å². The summed E-state index contributed by atoms with van der Waals surface area (Å²) in [7, 11) is 0. The van der Waals surface area contributed by atoms with E-state index in [2.05, 4.69) is 22.8 Å². The van der Waals surface area contributed by atoms with Crippen LogP contribution in [0.5, 0.6) is 0 Å². The summed E-state index contributed by atoms with van der Waals surface area (Å²) in [6, 6.07) is 7.88. The largest absolute Gasteiger partial charge is 0.394 e. The summed E-state index contributed by atoms with van der Waals surface area (Å²) >= 11 is 0. The van der Waals surface area contributed by atoms with Gasteiger partial charge in [-0.3, -0.25) is 0 Å².